The van der Waals surface area contributed by atoms with Gasteiger partial charge in [0.2, 0.25) is 0 Å². The van der Waals surface area contributed by atoms with E-state index in [0.717, 1.165) is 11.1 Å². The summed E-state index contributed by atoms with van der Waals surface area (Å²) in [5.41, 5.74) is 1.67. The van der Waals surface area contributed by atoms with E-state index in [1.807, 2.05) is 30.3 Å². The molecule has 0 heterocycles. The minimum Gasteiger partial charge on any atom is -0.482 e. The van der Waals surface area contributed by atoms with Crippen LogP contribution in [0.25, 0.3) is 0 Å². The van der Waals surface area contributed by atoms with E-state index in [0.29, 0.717) is 0 Å². The van der Waals surface area contributed by atoms with Crippen molar-refractivity contribution in [1.29, 1.82) is 0 Å². The minimum atomic E-state index is -0.451. The van der Waals surface area contributed by atoms with Crippen molar-refractivity contribution in [1.82, 2.24) is 0 Å². The average molecular weight is 270 g/mol. The Bertz CT molecular complexity index is 624. The van der Waals surface area contributed by atoms with Crippen LogP contribution in [0.2, 0.25) is 0 Å². The van der Waals surface area contributed by atoms with E-state index in [9.17, 15) is 10.1 Å². The first-order chi connectivity index (χ1) is 9.70. The summed E-state index contributed by atoms with van der Waals surface area (Å²) in [4.78, 5) is 14.4. The van der Waals surface area contributed by atoms with Crippen LogP contribution in [0.1, 0.15) is 11.1 Å². The van der Waals surface area contributed by atoms with Crippen LogP contribution in [-0.4, -0.2) is 18.2 Å². The maximum Gasteiger partial charge on any atom is 0.310 e. The summed E-state index contributed by atoms with van der Waals surface area (Å²) in [6.07, 6.45) is 1.62. The monoisotopic (exact) mass is 270 g/mol. The lowest BCUT2D eigenvalue weighted by Gasteiger charge is -2.07. The van der Waals surface area contributed by atoms with Crippen LogP contribution in [-0.2, 0) is 6.61 Å². The highest BCUT2D eigenvalue weighted by atomic mass is 16.6. The lowest BCUT2D eigenvalue weighted by Crippen LogP contribution is -2.00. The van der Waals surface area contributed by atoms with Gasteiger partial charge in [-0.25, -0.2) is 0 Å². The molecule has 0 saturated heterocycles. The van der Waals surface area contributed by atoms with E-state index in [-0.39, 0.29) is 18.0 Å². The van der Waals surface area contributed by atoms with Gasteiger partial charge in [-0.1, -0.05) is 30.3 Å². The molecule has 2 rings (SSSR count). The van der Waals surface area contributed by atoms with Gasteiger partial charge in [-0.2, -0.15) is 0 Å². The molecule has 0 fully saturated rings. The zero-order chi connectivity index (χ0) is 14.4. The number of hydrogen-bond donors (Lipinski definition) is 0. The maximum atomic E-state index is 11.0. The fourth-order valence-corrected chi connectivity index (χ4v) is 1.76. The molecule has 0 saturated carbocycles. The van der Waals surface area contributed by atoms with Gasteiger partial charge in [0.1, 0.15) is 6.61 Å². The molecular formula is C15H14N2O3. The second-order valence-corrected chi connectivity index (χ2v) is 4.15. The molecule has 0 N–H and O–H groups in total. The number of nitrogens with zero attached hydrogens (tertiary/aromatic N) is 2. The summed E-state index contributed by atoms with van der Waals surface area (Å²) in [5, 5.41) is 11.0. The number of benzene rings is 2. The van der Waals surface area contributed by atoms with Crippen molar-refractivity contribution in [3.8, 4) is 5.75 Å². The van der Waals surface area contributed by atoms with E-state index in [2.05, 4.69) is 4.99 Å². The Kier molecular flexibility index (Phi) is 4.44. The Morgan fingerprint density at radius 3 is 2.65 bits per heavy atom. The molecule has 102 valence electrons. The molecule has 5 nitrogen and oxygen atoms in total. The van der Waals surface area contributed by atoms with Crippen LogP contribution in [0.5, 0.6) is 5.75 Å². The van der Waals surface area contributed by atoms with Gasteiger partial charge in [-0.05, 0) is 23.3 Å². The molecule has 0 aliphatic carbocycles. The summed E-state index contributed by atoms with van der Waals surface area (Å²) in [6.45, 7) is 0.286. The molecule has 0 aliphatic heterocycles. The molecule has 5 heteroatoms. The van der Waals surface area contributed by atoms with E-state index in [1.54, 1.807) is 25.4 Å². The van der Waals surface area contributed by atoms with Crippen LogP contribution in [0, 0.1) is 10.1 Å². The topological polar surface area (TPSA) is 64.7 Å². The van der Waals surface area contributed by atoms with Crippen LogP contribution < -0.4 is 4.74 Å². The smallest absolute Gasteiger partial charge is 0.310 e. The van der Waals surface area contributed by atoms with E-state index in [4.69, 9.17) is 4.74 Å². The van der Waals surface area contributed by atoms with Gasteiger partial charge < -0.3 is 4.74 Å². The number of nitro benzene ring substituents is 1. The van der Waals surface area contributed by atoms with Crippen molar-refractivity contribution >= 4 is 11.9 Å². The van der Waals surface area contributed by atoms with Crippen molar-refractivity contribution in [3.63, 3.8) is 0 Å². The molecule has 0 atom stereocenters. The summed E-state index contributed by atoms with van der Waals surface area (Å²) >= 11 is 0. The van der Waals surface area contributed by atoms with Gasteiger partial charge in [0.15, 0.2) is 5.75 Å². The lowest BCUT2D eigenvalue weighted by molar-refractivity contribution is -0.385. The molecule has 0 aliphatic rings. The lowest BCUT2D eigenvalue weighted by atomic mass is 10.2. The number of ether oxygens (including phenoxy) is 1. The molecule has 0 radical (unpaired) electrons. The fourth-order valence-electron chi connectivity index (χ4n) is 1.76. The molecule has 0 aromatic heterocycles. The maximum absolute atomic E-state index is 11.0. The molecule has 0 amide bonds. The summed E-state index contributed by atoms with van der Waals surface area (Å²) in [6, 6.07) is 14.2. The second kappa shape index (κ2) is 6.47. The summed E-state index contributed by atoms with van der Waals surface area (Å²) in [5.74, 6) is 0.247. The van der Waals surface area contributed by atoms with Gasteiger partial charge >= 0.3 is 5.69 Å². The van der Waals surface area contributed by atoms with Crippen molar-refractivity contribution < 1.29 is 9.66 Å². The Morgan fingerprint density at radius 1 is 1.25 bits per heavy atom. The number of nitro groups is 1. The SMILES string of the molecule is CN=Cc1ccc([N+](=O)[O-])c(OCc2ccccc2)c1. The molecule has 2 aromatic rings. The molecule has 0 spiro atoms. The van der Waals surface area contributed by atoms with Gasteiger partial charge in [-0.3, -0.25) is 15.1 Å². The Labute approximate surface area is 116 Å². The van der Waals surface area contributed by atoms with Crippen LogP contribution in [0.4, 0.5) is 5.69 Å². The Hall–Kier alpha value is -2.69. The molecule has 0 bridgehead atoms. The standard InChI is InChI=1S/C15H14N2O3/c1-16-10-13-7-8-14(17(18)19)15(9-13)20-11-12-5-3-2-4-6-12/h2-10H,11H2,1H3. The fraction of sp³-hybridized carbons (Fsp3) is 0.133. The van der Waals surface area contributed by atoms with Crippen LogP contribution in [0.3, 0.4) is 0 Å². The predicted molar refractivity (Wildman–Crippen MR) is 77.4 cm³/mol. The van der Waals surface area contributed by atoms with Crippen molar-refractivity contribution in [2.24, 2.45) is 4.99 Å². The van der Waals surface area contributed by atoms with Gasteiger partial charge in [0, 0.05) is 19.3 Å². The highest BCUT2D eigenvalue weighted by Gasteiger charge is 2.15. The third-order valence-electron chi connectivity index (χ3n) is 2.70. The first-order valence-corrected chi connectivity index (χ1v) is 6.08. The van der Waals surface area contributed by atoms with Crippen molar-refractivity contribution in [2.75, 3.05) is 7.05 Å². The summed E-state index contributed by atoms with van der Waals surface area (Å²) < 4.78 is 5.57. The molecule has 0 unspecified atom stereocenters. The van der Waals surface area contributed by atoms with Gasteiger partial charge in [-0.15, -0.1) is 0 Å². The van der Waals surface area contributed by atoms with Crippen LogP contribution >= 0.6 is 0 Å². The predicted octanol–water partition coefficient (Wildman–Crippen LogP) is 3.22. The van der Waals surface area contributed by atoms with Crippen molar-refractivity contribution in [3.05, 3.63) is 69.8 Å². The third kappa shape index (κ3) is 3.41. The average Bonchev–Trinajstić information content (AvgIpc) is 2.46. The molecule has 2 aromatic carbocycles. The second-order valence-electron chi connectivity index (χ2n) is 4.15. The number of rotatable bonds is 5. The first kappa shape index (κ1) is 13.7. The van der Waals surface area contributed by atoms with E-state index >= 15 is 0 Å². The van der Waals surface area contributed by atoms with Crippen LogP contribution in [0.15, 0.2) is 53.5 Å². The Balaban J connectivity index is 2.23. The molecule has 20 heavy (non-hydrogen) atoms. The Morgan fingerprint density at radius 2 is 2.00 bits per heavy atom. The van der Waals surface area contributed by atoms with Gasteiger partial charge in [0.05, 0.1) is 4.92 Å². The zero-order valence-corrected chi connectivity index (χ0v) is 11.0. The van der Waals surface area contributed by atoms with E-state index in [1.165, 1.54) is 6.07 Å². The minimum absolute atomic E-state index is 0.0471. The highest BCUT2D eigenvalue weighted by Crippen LogP contribution is 2.28. The number of aliphatic imine (C=N–C) groups is 1. The van der Waals surface area contributed by atoms with Crippen molar-refractivity contribution in [2.45, 2.75) is 6.61 Å². The van der Waals surface area contributed by atoms with Gasteiger partial charge in [0.25, 0.3) is 0 Å². The third-order valence-corrected chi connectivity index (χ3v) is 2.70. The largest absolute Gasteiger partial charge is 0.482 e. The summed E-state index contributed by atoms with van der Waals surface area (Å²) in [7, 11) is 1.64. The zero-order valence-electron chi connectivity index (χ0n) is 11.0. The quantitative estimate of drug-likeness (QED) is 0.476. The molecular weight excluding hydrogens is 256 g/mol. The normalized spacial score (nSPS) is 10.7. The van der Waals surface area contributed by atoms with E-state index < -0.39 is 4.92 Å². The highest BCUT2D eigenvalue weighted by molar-refractivity contribution is 5.81. The first-order valence-electron chi connectivity index (χ1n) is 6.08. The number of hydrogen-bond acceptors (Lipinski definition) is 4.